The van der Waals surface area contributed by atoms with E-state index in [1.165, 1.54) is 11.3 Å². The first kappa shape index (κ1) is 16.5. The number of amides is 1. The maximum Gasteiger partial charge on any atom is 0.225 e. The second-order valence-corrected chi connectivity index (χ2v) is 7.36. The van der Waals surface area contributed by atoms with Gasteiger partial charge in [-0.3, -0.25) is 4.79 Å². The molecule has 0 spiro atoms. The topological polar surface area (TPSA) is 51.2 Å². The maximum atomic E-state index is 12.0. The van der Waals surface area contributed by atoms with Gasteiger partial charge in [-0.15, -0.1) is 11.3 Å². The molecule has 0 fully saturated rings. The number of ether oxygens (including phenoxy) is 1. The molecule has 0 aliphatic heterocycles. The molecule has 1 aromatic carbocycles. The number of hydrogen-bond acceptors (Lipinski definition) is 4. The van der Waals surface area contributed by atoms with Gasteiger partial charge in [-0.25, -0.2) is 4.98 Å². The molecule has 2 aromatic rings. The van der Waals surface area contributed by atoms with Crippen molar-refractivity contribution in [1.82, 2.24) is 10.3 Å². The van der Waals surface area contributed by atoms with Gasteiger partial charge in [-0.1, -0.05) is 18.2 Å². The Balaban J connectivity index is 1.95. The molecule has 4 nitrogen and oxygen atoms in total. The highest BCUT2D eigenvalue weighted by Gasteiger charge is 2.17. The Morgan fingerprint density at radius 3 is 2.59 bits per heavy atom. The van der Waals surface area contributed by atoms with E-state index in [2.05, 4.69) is 10.3 Å². The summed E-state index contributed by atoms with van der Waals surface area (Å²) in [5, 5.41) is 3.86. The Hall–Kier alpha value is -1.88. The number of nitrogens with zero attached hydrogens (tertiary/aromatic N) is 1. The standard InChI is InChI=1S/C17H22N2O2S/c1-12-14(10-15(20)19-17(2,3)4)22-16(18-12)11-21-13-8-6-5-7-9-13/h5-9H,10-11H2,1-4H3,(H,19,20). The van der Waals surface area contributed by atoms with Crippen molar-refractivity contribution < 1.29 is 9.53 Å². The monoisotopic (exact) mass is 318 g/mol. The lowest BCUT2D eigenvalue weighted by molar-refractivity contribution is -0.121. The summed E-state index contributed by atoms with van der Waals surface area (Å²) in [6.45, 7) is 8.29. The fraction of sp³-hybridized carbons (Fsp3) is 0.412. The Bertz CT molecular complexity index is 630. The van der Waals surface area contributed by atoms with Crippen molar-refractivity contribution in [3.8, 4) is 5.75 Å². The van der Waals surface area contributed by atoms with Crippen molar-refractivity contribution in [3.63, 3.8) is 0 Å². The molecule has 0 bridgehead atoms. The lowest BCUT2D eigenvalue weighted by atomic mass is 10.1. The number of rotatable bonds is 5. The number of para-hydroxylation sites is 1. The summed E-state index contributed by atoms with van der Waals surface area (Å²) in [5.74, 6) is 0.845. The SMILES string of the molecule is Cc1nc(COc2ccccc2)sc1CC(=O)NC(C)(C)C. The van der Waals surface area contributed by atoms with Gasteiger partial charge in [0.15, 0.2) is 0 Å². The van der Waals surface area contributed by atoms with Crippen LogP contribution in [0.1, 0.15) is 36.3 Å². The molecule has 0 aliphatic carbocycles. The van der Waals surface area contributed by atoms with Crippen LogP contribution in [0.2, 0.25) is 0 Å². The number of aryl methyl sites for hydroxylation is 1. The number of aromatic nitrogens is 1. The van der Waals surface area contributed by atoms with Crippen LogP contribution in [0.15, 0.2) is 30.3 Å². The number of carbonyl (C=O) groups is 1. The quantitative estimate of drug-likeness (QED) is 0.918. The van der Waals surface area contributed by atoms with Gasteiger partial charge < -0.3 is 10.1 Å². The van der Waals surface area contributed by atoms with E-state index in [4.69, 9.17) is 4.74 Å². The van der Waals surface area contributed by atoms with Crippen molar-refractivity contribution >= 4 is 17.2 Å². The fourth-order valence-corrected chi connectivity index (χ4v) is 2.97. The summed E-state index contributed by atoms with van der Waals surface area (Å²) in [5.41, 5.74) is 0.690. The lowest BCUT2D eigenvalue weighted by Gasteiger charge is -2.20. The van der Waals surface area contributed by atoms with E-state index in [1.54, 1.807) is 0 Å². The van der Waals surface area contributed by atoms with Gasteiger partial charge in [0.2, 0.25) is 5.91 Å². The molecule has 1 aromatic heterocycles. The van der Waals surface area contributed by atoms with Crippen LogP contribution < -0.4 is 10.1 Å². The molecule has 0 saturated carbocycles. The average molecular weight is 318 g/mol. The van der Waals surface area contributed by atoms with Crippen molar-refractivity contribution in [1.29, 1.82) is 0 Å². The summed E-state index contributed by atoms with van der Waals surface area (Å²) in [6, 6.07) is 9.65. The summed E-state index contributed by atoms with van der Waals surface area (Å²) < 4.78 is 5.69. The Labute approximate surface area is 135 Å². The normalized spacial score (nSPS) is 11.3. The molecule has 1 heterocycles. The average Bonchev–Trinajstić information content (AvgIpc) is 2.76. The highest BCUT2D eigenvalue weighted by molar-refractivity contribution is 7.11. The van der Waals surface area contributed by atoms with Gasteiger partial charge >= 0.3 is 0 Å². The summed E-state index contributed by atoms with van der Waals surface area (Å²) in [6.07, 6.45) is 0.367. The first-order valence-electron chi connectivity index (χ1n) is 7.27. The zero-order valence-corrected chi connectivity index (χ0v) is 14.3. The first-order valence-corrected chi connectivity index (χ1v) is 8.09. The predicted octanol–water partition coefficient (Wildman–Crippen LogP) is 3.49. The molecule has 1 N–H and O–H groups in total. The molecule has 0 saturated heterocycles. The van der Waals surface area contributed by atoms with Crippen molar-refractivity contribution in [2.24, 2.45) is 0 Å². The van der Waals surface area contributed by atoms with Gasteiger partial charge in [-0.05, 0) is 39.8 Å². The van der Waals surface area contributed by atoms with Crippen molar-refractivity contribution in [3.05, 3.63) is 45.9 Å². The number of hydrogen-bond donors (Lipinski definition) is 1. The van der Waals surface area contributed by atoms with E-state index in [0.717, 1.165) is 21.3 Å². The molecule has 0 atom stereocenters. The Morgan fingerprint density at radius 2 is 1.95 bits per heavy atom. The van der Waals surface area contributed by atoms with Crippen LogP contribution in [-0.4, -0.2) is 16.4 Å². The van der Waals surface area contributed by atoms with Crippen LogP contribution >= 0.6 is 11.3 Å². The number of thiazole rings is 1. The summed E-state index contributed by atoms with van der Waals surface area (Å²) >= 11 is 1.54. The third kappa shape index (κ3) is 5.15. The molecule has 22 heavy (non-hydrogen) atoms. The molecule has 1 amide bonds. The van der Waals surface area contributed by atoms with Crippen LogP contribution in [0.5, 0.6) is 5.75 Å². The van der Waals surface area contributed by atoms with E-state index in [-0.39, 0.29) is 11.4 Å². The lowest BCUT2D eigenvalue weighted by Crippen LogP contribution is -2.41. The van der Waals surface area contributed by atoms with Crippen molar-refractivity contribution in [2.45, 2.75) is 46.3 Å². The molecule has 2 rings (SSSR count). The molecule has 5 heteroatoms. The number of benzene rings is 1. The minimum Gasteiger partial charge on any atom is -0.486 e. The molecular weight excluding hydrogens is 296 g/mol. The van der Waals surface area contributed by atoms with E-state index >= 15 is 0 Å². The minimum absolute atomic E-state index is 0.0229. The molecule has 118 valence electrons. The zero-order chi connectivity index (χ0) is 16.2. The van der Waals surface area contributed by atoms with Crippen LogP contribution in [-0.2, 0) is 17.8 Å². The minimum atomic E-state index is -0.213. The molecule has 0 aliphatic rings. The highest BCUT2D eigenvalue weighted by atomic mass is 32.1. The number of carbonyl (C=O) groups excluding carboxylic acids is 1. The summed E-state index contributed by atoms with van der Waals surface area (Å²) in [7, 11) is 0. The second kappa shape index (κ2) is 6.92. The zero-order valence-electron chi connectivity index (χ0n) is 13.5. The van der Waals surface area contributed by atoms with Gasteiger partial charge in [0.25, 0.3) is 0 Å². The highest BCUT2D eigenvalue weighted by Crippen LogP contribution is 2.21. The molecular formula is C17H22N2O2S. The van der Waals surface area contributed by atoms with Gasteiger partial charge in [-0.2, -0.15) is 0 Å². The first-order chi connectivity index (χ1) is 10.3. The molecule has 0 radical (unpaired) electrons. The third-order valence-corrected chi connectivity index (χ3v) is 4.01. The summed E-state index contributed by atoms with van der Waals surface area (Å²) in [4.78, 5) is 17.5. The maximum absolute atomic E-state index is 12.0. The van der Waals surface area contributed by atoms with Crippen LogP contribution in [0.4, 0.5) is 0 Å². The van der Waals surface area contributed by atoms with Gasteiger partial charge in [0, 0.05) is 10.4 Å². The third-order valence-electron chi connectivity index (χ3n) is 2.88. The predicted molar refractivity (Wildman–Crippen MR) is 89.2 cm³/mol. The Kier molecular flexibility index (Phi) is 5.19. The fourth-order valence-electron chi connectivity index (χ4n) is 1.98. The van der Waals surface area contributed by atoms with E-state index < -0.39 is 0 Å². The van der Waals surface area contributed by atoms with Crippen LogP contribution in [0.3, 0.4) is 0 Å². The molecule has 0 unspecified atom stereocenters. The van der Waals surface area contributed by atoms with Crippen molar-refractivity contribution in [2.75, 3.05) is 0 Å². The smallest absolute Gasteiger partial charge is 0.225 e. The van der Waals surface area contributed by atoms with Crippen LogP contribution in [0.25, 0.3) is 0 Å². The van der Waals surface area contributed by atoms with E-state index in [1.807, 2.05) is 58.0 Å². The van der Waals surface area contributed by atoms with Gasteiger partial charge in [0.1, 0.15) is 17.4 Å². The number of nitrogens with one attached hydrogen (secondary N) is 1. The van der Waals surface area contributed by atoms with E-state index in [9.17, 15) is 4.79 Å². The second-order valence-electron chi connectivity index (χ2n) is 6.19. The van der Waals surface area contributed by atoms with Crippen LogP contribution in [0, 0.1) is 6.92 Å². The van der Waals surface area contributed by atoms with Gasteiger partial charge in [0.05, 0.1) is 12.1 Å². The van der Waals surface area contributed by atoms with E-state index in [0.29, 0.717) is 13.0 Å². The Morgan fingerprint density at radius 1 is 1.27 bits per heavy atom. The largest absolute Gasteiger partial charge is 0.486 e.